The lowest BCUT2D eigenvalue weighted by molar-refractivity contribution is 0.102. The minimum absolute atomic E-state index is 0.0192. The lowest BCUT2D eigenvalue weighted by Crippen LogP contribution is -2.21. The quantitative estimate of drug-likeness (QED) is 0.671. The van der Waals surface area contributed by atoms with E-state index in [0.717, 1.165) is 5.56 Å². The number of pyridine rings is 1. The van der Waals surface area contributed by atoms with E-state index in [2.05, 4.69) is 10.3 Å². The molecule has 0 aliphatic heterocycles. The standard InChI is InChI=1S/C19H15ClN2O3/c20-13-4-6-14(7-5-13)22-19(25)16-11-21-17-8-3-12(2-1-9-23)10-15(17)18(16)24/h1-8,10-11,23H,9H2,(H,21,24)(H,22,25)/b2-1-. The van der Waals surface area contributed by atoms with Gasteiger partial charge in [0, 0.05) is 27.8 Å². The summed E-state index contributed by atoms with van der Waals surface area (Å²) in [5.41, 5.74) is 1.61. The topological polar surface area (TPSA) is 82.2 Å². The van der Waals surface area contributed by atoms with Crippen molar-refractivity contribution in [2.75, 3.05) is 11.9 Å². The highest BCUT2D eigenvalue weighted by atomic mass is 35.5. The number of carbonyl (C=O) groups excluding carboxylic acids is 1. The number of nitrogens with one attached hydrogen (secondary N) is 2. The van der Waals surface area contributed by atoms with Crippen LogP contribution in [0.2, 0.25) is 5.02 Å². The van der Waals surface area contributed by atoms with Crippen LogP contribution in [0.5, 0.6) is 0 Å². The van der Waals surface area contributed by atoms with E-state index in [1.54, 1.807) is 48.6 Å². The van der Waals surface area contributed by atoms with E-state index in [1.807, 2.05) is 6.07 Å². The van der Waals surface area contributed by atoms with Crippen LogP contribution in [0.3, 0.4) is 0 Å². The third-order valence-corrected chi connectivity index (χ3v) is 3.92. The average molecular weight is 355 g/mol. The lowest BCUT2D eigenvalue weighted by Gasteiger charge is -2.06. The normalized spacial score (nSPS) is 11.1. The number of hydrogen-bond donors (Lipinski definition) is 3. The van der Waals surface area contributed by atoms with Gasteiger partial charge in [-0.3, -0.25) is 9.59 Å². The molecule has 0 bridgehead atoms. The van der Waals surface area contributed by atoms with Gasteiger partial charge in [0.25, 0.3) is 5.91 Å². The Bertz CT molecular complexity index is 1010. The SMILES string of the molecule is O=C(Nc1ccc(Cl)cc1)c1c[nH]c2ccc(/C=C\CO)cc2c1=O. The molecular weight excluding hydrogens is 340 g/mol. The Hall–Kier alpha value is -2.89. The molecule has 3 aromatic rings. The molecule has 2 aromatic carbocycles. The van der Waals surface area contributed by atoms with Gasteiger partial charge in [-0.2, -0.15) is 0 Å². The maximum Gasteiger partial charge on any atom is 0.261 e. The van der Waals surface area contributed by atoms with Crippen LogP contribution in [0.1, 0.15) is 15.9 Å². The maximum atomic E-state index is 12.7. The molecule has 0 aliphatic carbocycles. The highest BCUT2D eigenvalue weighted by molar-refractivity contribution is 6.30. The summed E-state index contributed by atoms with van der Waals surface area (Å²) in [4.78, 5) is 28.0. The molecule has 25 heavy (non-hydrogen) atoms. The predicted octanol–water partition coefficient (Wildman–Crippen LogP) is 3.44. The molecule has 0 aliphatic rings. The number of benzene rings is 2. The number of anilines is 1. The van der Waals surface area contributed by atoms with Gasteiger partial charge in [0.15, 0.2) is 0 Å². The smallest absolute Gasteiger partial charge is 0.261 e. The third kappa shape index (κ3) is 3.79. The molecule has 1 amide bonds. The molecule has 0 saturated heterocycles. The van der Waals surface area contributed by atoms with Crippen LogP contribution in [0.15, 0.2) is 59.5 Å². The minimum atomic E-state index is -0.498. The molecular formula is C19H15ClN2O3. The van der Waals surface area contributed by atoms with Crippen LogP contribution in [0.25, 0.3) is 17.0 Å². The summed E-state index contributed by atoms with van der Waals surface area (Å²) in [5, 5.41) is 12.5. The van der Waals surface area contributed by atoms with Gasteiger partial charge in [-0.05, 0) is 42.0 Å². The zero-order valence-electron chi connectivity index (χ0n) is 13.1. The van der Waals surface area contributed by atoms with Crippen LogP contribution in [-0.4, -0.2) is 22.6 Å². The molecule has 0 radical (unpaired) electrons. The van der Waals surface area contributed by atoms with Gasteiger partial charge in [-0.15, -0.1) is 0 Å². The highest BCUT2D eigenvalue weighted by Gasteiger charge is 2.13. The van der Waals surface area contributed by atoms with Crippen LogP contribution >= 0.6 is 11.6 Å². The van der Waals surface area contributed by atoms with Crippen LogP contribution < -0.4 is 10.7 Å². The minimum Gasteiger partial charge on any atom is -0.392 e. The van der Waals surface area contributed by atoms with Gasteiger partial charge in [0.05, 0.1) is 6.61 Å². The van der Waals surface area contributed by atoms with Crippen molar-refractivity contribution in [1.29, 1.82) is 0 Å². The molecule has 1 aromatic heterocycles. The van der Waals surface area contributed by atoms with Crippen molar-refractivity contribution >= 4 is 40.2 Å². The van der Waals surface area contributed by atoms with Crippen LogP contribution in [0.4, 0.5) is 5.69 Å². The summed E-state index contributed by atoms with van der Waals surface area (Å²) in [7, 11) is 0. The Morgan fingerprint density at radius 1 is 1.20 bits per heavy atom. The van der Waals surface area contributed by atoms with Gasteiger partial charge in [0.2, 0.25) is 5.43 Å². The maximum absolute atomic E-state index is 12.7. The first kappa shape index (κ1) is 17.0. The van der Waals surface area contributed by atoms with Gasteiger partial charge >= 0.3 is 0 Å². The van der Waals surface area contributed by atoms with E-state index in [-0.39, 0.29) is 17.6 Å². The van der Waals surface area contributed by atoms with E-state index in [0.29, 0.717) is 21.6 Å². The summed E-state index contributed by atoms with van der Waals surface area (Å²) in [6, 6.07) is 11.9. The zero-order valence-corrected chi connectivity index (χ0v) is 13.9. The lowest BCUT2D eigenvalue weighted by atomic mass is 10.1. The van der Waals surface area contributed by atoms with Gasteiger partial charge < -0.3 is 15.4 Å². The predicted molar refractivity (Wildman–Crippen MR) is 100 cm³/mol. The number of rotatable bonds is 4. The number of aliphatic hydroxyl groups is 1. The van der Waals surface area contributed by atoms with Gasteiger partial charge in [0.1, 0.15) is 5.56 Å². The van der Waals surface area contributed by atoms with Crippen LogP contribution in [-0.2, 0) is 0 Å². The number of aromatic nitrogens is 1. The molecule has 0 unspecified atom stereocenters. The average Bonchev–Trinajstić information content (AvgIpc) is 2.62. The molecule has 6 heteroatoms. The Morgan fingerprint density at radius 3 is 2.68 bits per heavy atom. The van der Waals surface area contributed by atoms with Gasteiger partial charge in [-0.1, -0.05) is 29.8 Å². The van der Waals surface area contributed by atoms with Crippen molar-refractivity contribution in [3.63, 3.8) is 0 Å². The number of hydrogen-bond acceptors (Lipinski definition) is 3. The molecule has 0 spiro atoms. The molecule has 3 N–H and O–H groups in total. The van der Waals surface area contributed by atoms with E-state index >= 15 is 0 Å². The van der Waals surface area contributed by atoms with Crippen molar-refractivity contribution in [3.8, 4) is 0 Å². The van der Waals surface area contributed by atoms with Crippen molar-refractivity contribution in [3.05, 3.63) is 81.1 Å². The van der Waals surface area contributed by atoms with E-state index in [1.165, 1.54) is 6.20 Å². The Morgan fingerprint density at radius 2 is 1.96 bits per heavy atom. The number of aromatic amines is 1. The van der Waals surface area contributed by atoms with Crippen molar-refractivity contribution in [2.45, 2.75) is 0 Å². The second-order valence-electron chi connectivity index (χ2n) is 5.38. The second kappa shape index (κ2) is 7.34. The summed E-state index contributed by atoms with van der Waals surface area (Å²) in [6.07, 6.45) is 4.69. The first-order valence-corrected chi connectivity index (χ1v) is 7.96. The molecule has 3 rings (SSSR count). The summed E-state index contributed by atoms with van der Waals surface area (Å²) < 4.78 is 0. The van der Waals surface area contributed by atoms with E-state index < -0.39 is 5.91 Å². The molecule has 0 atom stereocenters. The van der Waals surface area contributed by atoms with Crippen molar-refractivity contribution < 1.29 is 9.90 Å². The summed E-state index contributed by atoms with van der Waals surface area (Å²) in [6.45, 7) is -0.0854. The molecule has 0 saturated carbocycles. The number of fused-ring (bicyclic) bond motifs is 1. The zero-order chi connectivity index (χ0) is 17.8. The Balaban J connectivity index is 1.96. The fraction of sp³-hybridized carbons (Fsp3) is 0.0526. The Labute approximate surface area is 148 Å². The molecule has 1 heterocycles. The fourth-order valence-corrected chi connectivity index (χ4v) is 2.55. The van der Waals surface area contributed by atoms with E-state index in [4.69, 9.17) is 16.7 Å². The number of carbonyl (C=O) groups is 1. The van der Waals surface area contributed by atoms with Gasteiger partial charge in [-0.25, -0.2) is 0 Å². The number of amides is 1. The fourth-order valence-electron chi connectivity index (χ4n) is 2.43. The number of H-pyrrole nitrogens is 1. The first-order chi connectivity index (χ1) is 12.1. The van der Waals surface area contributed by atoms with Crippen LogP contribution in [0, 0.1) is 0 Å². The second-order valence-corrected chi connectivity index (χ2v) is 5.82. The third-order valence-electron chi connectivity index (χ3n) is 3.67. The number of halogens is 1. The summed E-state index contributed by atoms with van der Waals surface area (Å²) in [5.74, 6) is -0.498. The monoisotopic (exact) mass is 354 g/mol. The molecule has 126 valence electrons. The largest absolute Gasteiger partial charge is 0.392 e. The molecule has 0 fully saturated rings. The summed E-state index contributed by atoms with van der Waals surface area (Å²) >= 11 is 5.82. The van der Waals surface area contributed by atoms with Crippen molar-refractivity contribution in [1.82, 2.24) is 4.98 Å². The number of aliphatic hydroxyl groups excluding tert-OH is 1. The van der Waals surface area contributed by atoms with E-state index in [9.17, 15) is 9.59 Å². The highest BCUT2D eigenvalue weighted by Crippen LogP contribution is 2.15. The molecule has 5 nitrogen and oxygen atoms in total. The Kier molecular flexibility index (Phi) is 4.97. The van der Waals surface area contributed by atoms with Crippen molar-refractivity contribution in [2.24, 2.45) is 0 Å². The first-order valence-electron chi connectivity index (χ1n) is 7.58.